The largest absolute Gasteiger partial charge is 0.377 e. The first-order chi connectivity index (χ1) is 12.4. The van der Waals surface area contributed by atoms with Gasteiger partial charge in [-0.1, -0.05) is 18.2 Å². The number of non-ortho nitro benzene ring substituents is 1. The fourth-order valence-electron chi connectivity index (χ4n) is 2.65. The number of nitro groups is 1. The van der Waals surface area contributed by atoms with Gasteiger partial charge in [-0.2, -0.15) is 0 Å². The van der Waals surface area contributed by atoms with Gasteiger partial charge in [0.15, 0.2) is 0 Å². The van der Waals surface area contributed by atoms with Crippen molar-refractivity contribution in [2.45, 2.75) is 0 Å². The van der Waals surface area contributed by atoms with Crippen molar-refractivity contribution in [1.82, 2.24) is 5.43 Å². The van der Waals surface area contributed by atoms with Crippen LogP contribution in [0.4, 0.5) is 17.1 Å². The molecule has 1 fully saturated rings. The van der Waals surface area contributed by atoms with Gasteiger partial charge in [-0.05, 0) is 24.3 Å². The molecule has 0 unspecified atom stereocenters. The number of carbonyl (C=O) groups is 2. The van der Waals surface area contributed by atoms with E-state index in [0.29, 0.717) is 16.9 Å². The summed E-state index contributed by atoms with van der Waals surface area (Å²) in [7, 11) is 3.55. The van der Waals surface area contributed by atoms with E-state index in [2.05, 4.69) is 5.43 Å². The summed E-state index contributed by atoms with van der Waals surface area (Å²) in [6.45, 7) is 0. The van der Waals surface area contributed by atoms with Gasteiger partial charge in [-0.25, -0.2) is 5.01 Å². The Labute approximate surface area is 149 Å². The third-order valence-corrected chi connectivity index (χ3v) is 3.91. The monoisotopic (exact) mass is 352 g/mol. The highest BCUT2D eigenvalue weighted by Gasteiger charge is 2.34. The highest BCUT2D eigenvalue weighted by Crippen LogP contribution is 2.28. The van der Waals surface area contributed by atoms with Gasteiger partial charge in [-0.3, -0.25) is 25.1 Å². The molecule has 1 heterocycles. The normalized spacial score (nSPS) is 15.3. The number of para-hydroxylation sites is 1. The lowest BCUT2D eigenvalue weighted by Crippen LogP contribution is -2.35. The molecule has 1 aliphatic rings. The number of carbonyl (C=O) groups excluding carboxylic acids is 2. The molecule has 0 saturated carbocycles. The molecule has 0 aromatic heterocycles. The lowest BCUT2D eigenvalue weighted by atomic mass is 10.1. The molecule has 2 aromatic carbocycles. The van der Waals surface area contributed by atoms with Crippen LogP contribution in [0.15, 0.2) is 54.1 Å². The van der Waals surface area contributed by atoms with Crippen LogP contribution in [0.3, 0.4) is 0 Å². The molecule has 0 spiro atoms. The number of benzene rings is 2. The highest BCUT2D eigenvalue weighted by molar-refractivity contribution is 6.31. The molecule has 26 heavy (non-hydrogen) atoms. The van der Waals surface area contributed by atoms with E-state index in [0.717, 1.165) is 5.01 Å². The molecule has 8 heteroatoms. The summed E-state index contributed by atoms with van der Waals surface area (Å²) in [5, 5.41) is 12.2. The third kappa shape index (κ3) is 3.12. The first kappa shape index (κ1) is 17.2. The van der Waals surface area contributed by atoms with E-state index in [1.54, 1.807) is 55.4 Å². The summed E-state index contributed by atoms with van der Waals surface area (Å²) in [6, 6.07) is 13.0. The van der Waals surface area contributed by atoms with E-state index < -0.39 is 16.7 Å². The van der Waals surface area contributed by atoms with Crippen LogP contribution in [0.25, 0.3) is 6.08 Å². The Hall–Kier alpha value is -3.68. The topological polar surface area (TPSA) is 95.8 Å². The summed E-state index contributed by atoms with van der Waals surface area (Å²) >= 11 is 0. The van der Waals surface area contributed by atoms with E-state index >= 15 is 0 Å². The van der Waals surface area contributed by atoms with E-state index in [-0.39, 0.29) is 11.3 Å². The standard InChI is InChI=1S/C18H16N4O4/c1-20(2)16-9-8-14(22(25)26)10-12(16)11-15-17(23)19-21(18(15)24)13-6-4-3-5-7-13/h3-11H,1-2H3,(H,19,23)/b15-11+. The zero-order chi connectivity index (χ0) is 18.8. The molecular formula is C18H16N4O4. The lowest BCUT2D eigenvalue weighted by molar-refractivity contribution is -0.384. The predicted octanol–water partition coefficient (Wildman–Crippen LogP) is 2.12. The molecule has 2 amide bonds. The van der Waals surface area contributed by atoms with Crippen LogP contribution >= 0.6 is 0 Å². The minimum atomic E-state index is -0.560. The Balaban J connectivity index is 2.04. The van der Waals surface area contributed by atoms with Crippen molar-refractivity contribution in [1.29, 1.82) is 0 Å². The van der Waals surface area contributed by atoms with Gasteiger partial charge in [-0.15, -0.1) is 0 Å². The van der Waals surface area contributed by atoms with Crippen molar-refractivity contribution in [3.63, 3.8) is 0 Å². The molecule has 0 radical (unpaired) electrons. The number of amides is 2. The molecule has 0 atom stereocenters. The van der Waals surface area contributed by atoms with E-state index in [9.17, 15) is 19.7 Å². The number of rotatable bonds is 4. The first-order valence-corrected chi connectivity index (χ1v) is 7.76. The Morgan fingerprint density at radius 3 is 2.42 bits per heavy atom. The molecule has 132 valence electrons. The Kier molecular flexibility index (Phi) is 4.40. The third-order valence-electron chi connectivity index (χ3n) is 3.91. The lowest BCUT2D eigenvalue weighted by Gasteiger charge is -2.15. The highest BCUT2D eigenvalue weighted by atomic mass is 16.6. The van der Waals surface area contributed by atoms with Crippen LogP contribution in [0.2, 0.25) is 0 Å². The van der Waals surface area contributed by atoms with Gasteiger partial charge in [0.2, 0.25) is 0 Å². The number of nitrogens with zero attached hydrogens (tertiary/aromatic N) is 3. The maximum absolute atomic E-state index is 12.6. The number of hydrazine groups is 1. The van der Waals surface area contributed by atoms with Gasteiger partial charge in [0.05, 0.1) is 10.6 Å². The van der Waals surface area contributed by atoms with E-state index in [1.165, 1.54) is 18.2 Å². The number of nitro benzene ring substituents is 1. The van der Waals surface area contributed by atoms with Crippen LogP contribution < -0.4 is 15.3 Å². The zero-order valence-corrected chi connectivity index (χ0v) is 14.2. The van der Waals surface area contributed by atoms with Crippen molar-refractivity contribution < 1.29 is 14.5 Å². The summed E-state index contributed by atoms with van der Waals surface area (Å²) in [5.74, 6) is -1.08. The van der Waals surface area contributed by atoms with Gasteiger partial charge >= 0.3 is 0 Å². The van der Waals surface area contributed by atoms with Crippen LogP contribution in [0.5, 0.6) is 0 Å². The number of anilines is 2. The maximum Gasteiger partial charge on any atom is 0.282 e. The van der Waals surface area contributed by atoms with Gasteiger partial charge < -0.3 is 4.90 Å². The molecular weight excluding hydrogens is 336 g/mol. The number of nitrogens with one attached hydrogen (secondary N) is 1. The van der Waals surface area contributed by atoms with Crippen LogP contribution in [0.1, 0.15) is 5.56 Å². The van der Waals surface area contributed by atoms with E-state index in [1.807, 2.05) is 0 Å². The minimum absolute atomic E-state index is 0.0857. The van der Waals surface area contributed by atoms with Crippen molar-refractivity contribution in [2.75, 3.05) is 24.0 Å². The summed E-state index contributed by atoms with van der Waals surface area (Å²) < 4.78 is 0. The molecule has 2 aromatic rings. The quantitative estimate of drug-likeness (QED) is 0.394. The second-order valence-corrected chi connectivity index (χ2v) is 5.87. The first-order valence-electron chi connectivity index (χ1n) is 7.76. The molecule has 8 nitrogen and oxygen atoms in total. The smallest absolute Gasteiger partial charge is 0.282 e. The number of hydrogen-bond acceptors (Lipinski definition) is 5. The minimum Gasteiger partial charge on any atom is -0.377 e. The molecule has 0 bridgehead atoms. The summed E-state index contributed by atoms with van der Waals surface area (Å²) in [5.41, 5.74) is 3.90. The fourth-order valence-corrected chi connectivity index (χ4v) is 2.65. The Morgan fingerprint density at radius 1 is 1.12 bits per heavy atom. The second kappa shape index (κ2) is 6.67. The maximum atomic E-state index is 12.6. The van der Waals surface area contributed by atoms with Crippen LogP contribution in [-0.2, 0) is 9.59 Å². The summed E-state index contributed by atoms with van der Waals surface area (Å²) in [6.07, 6.45) is 1.38. The zero-order valence-electron chi connectivity index (χ0n) is 14.2. The molecule has 3 rings (SSSR count). The Bertz CT molecular complexity index is 922. The van der Waals surface area contributed by atoms with Crippen molar-refractivity contribution in [3.8, 4) is 0 Å². The average molecular weight is 352 g/mol. The molecule has 1 saturated heterocycles. The predicted molar refractivity (Wildman–Crippen MR) is 97.5 cm³/mol. The van der Waals surface area contributed by atoms with Crippen molar-refractivity contribution >= 4 is 35.0 Å². The SMILES string of the molecule is CN(C)c1ccc([N+](=O)[O-])cc1/C=C1\C(=O)NN(c2ccccc2)C1=O. The van der Waals surface area contributed by atoms with Gasteiger partial charge in [0.25, 0.3) is 17.5 Å². The van der Waals surface area contributed by atoms with Crippen molar-refractivity contribution in [2.24, 2.45) is 0 Å². The molecule has 0 aliphatic carbocycles. The van der Waals surface area contributed by atoms with Crippen LogP contribution in [-0.4, -0.2) is 30.8 Å². The summed E-state index contributed by atoms with van der Waals surface area (Å²) in [4.78, 5) is 37.2. The second-order valence-electron chi connectivity index (χ2n) is 5.87. The molecule has 1 N–H and O–H groups in total. The molecule has 1 aliphatic heterocycles. The van der Waals surface area contributed by atoms with E-state index in [4.69, 9.17) is 0 Å². The van der Waals surface area contributed by atoms with Crippen LogP contribution in [0, 0.1) is 10.1 Å². The van der Waals surface area contributed by atoms with Crippen molar-refractivity contribution in [3.05, 3.63) is 69.8 Å². The Morgan fingerprint density at radius 2 is 1.81 bits per heavy atom. The van der Waals surface area contributed by atoms with Gasteiger partial charge in [0.1, 0.15) is 5.57 Å². The average Bonchev–Trinajstić information content (AvgIpc) is 2.90. The van der Waals surface area contributed by atoms with Gasteiger partial charge in [0, 0.05) is 37.5 Å². The fraction of sp³-hybridized carbons (Fsp3) is 0.111. The number of hydrogen-bond donors (Lipinski definition) is 1.